The van der Waals surface area contributed by atoms with Crippen molar-refractivity contribution >= 4 is 11.8 Å². The summed E-state index contributed by atoms with van der Waals surface area (Å²) in [6.45, 7) is 3.91. The molecule has 3 aliphatic heterocycles. The summed E-state index contributed by atoms with van der Waals surface area (Å²) >= 11 is 0. The molecule has 8 nitrogen and oxygen atoms in total. The summed E-state index contributed by atoms with van der Waals surface area (Å²) in [4.78, 5) is 25.0. The number of nitrogens with zero attached hydrogens (tertiary/aromatic N) is 1. The van der Waals surface area contributed by atoms with Crippen molar-refractivity contribution in [3.05, 3.63) is 11.1 Å². The third-order valence-corrected chi connectivity index (χ3v) is 6.01. The lowest BCUT2D eigenvalue weighted by atomic mass is 9.84. The molecule has 5 N–H and O–H groups in total. The van der Waals surface area contributed by atoms with Crippen molar-refractivity contribution in [2.24, 2.45) is 5.92 Å². The SMILES string of the molecule is CC1=C(CC(=O)N[C@@H](C)C2NCC(C#N)CC2F)C(=O)NC2CCC(O)NC12.[HH].[HH]. The van der Waals surface area contributed by atoms with E-state index in [1.165, 1.54) is 0 Å². The fraction of sp³-hybridized carbons (Fsp3) is 0.737. The second-order valence-electron chi connectivity index (χ2n) is 8.02. The van der Waals surface area contributed by atoms with E-state index in [0.29, 0.717) is 25.0 Å². The summed E-state index contributed by atoms with van der Waals surface area (Å²) in [5, 5.41) is 30.5. The predicted octanol–water partition coefficient (Wildman–Crippen LogP) is 0.0983. The van der Waals surface area contributed by atoms with E-state index in [4.69, 9.17) is 5.26 Å². The fourth-order valence-electron chi connectivity index (χ4n) is 4.39. The number of carbonyl (C=O) groups excluding carboxylic acids is 2. The Balaban J connectivity index is 0.00000225. The van der Waals surface area contributed by atoms with Crippen molar-refractivity contribution in [3.63, 3.8) is 0 Å². The number of piperidine rings is 2. The Morgan fingerprint density at radius 1 is 1.50 bits per heavy atom. The minimum absolute atomic E-state index is 0. The minimum Gasteiger partial charge on any atom is -0.379 e. The molecule has 2 fully saturated rings. The molecule has 28 heavy (non-hydrogen) atoms. The number of halogens is 1. The number of rotatable bonds is 4. The van der Waals surface area contributed by atoms with E-state index in [1.807, 2.05) is 0 Å². The van der Waals surface area contributed by atoms with Crippen LogP contribution in [0.4, 0.5) is 4.39 Å². The highest BCUT2D eigenvalue weighted by atomic mass is 19.1. The Morgan fingerprint density at radius 3 is 2.93 bits per heavy atom. The molecule has 0 aromatic carbocycles. The predicted molar refractivity (Wildman–Crippen MR) is 104 cm³/mol. The van der Waals surface area contributed by atoms with Gasteiger partial charge in [0.15, 0.2) is 0 Å². The summed E-state index contributed by atoms with van der Waals surface area (Å²) in [5.41, 5.74) is 1.14. The van der Waals surface area contributed by atoms with E-state index in [-0.39, 0.29) is 45.5 Å². The lowest BCUT2D eigenvalue weighted by Crippen LogP contribution is -2.61. The first kappa shape index (κ1) is 20.7. The van der Waals surface area contributed by atoms with Crippen LogP contribution in [-0.2, 0) is 9.59 Å². The van der Waals surface area contributed by atoms with Crippen LogP contribution in [0.25, 0.3) is 0 Å². The quantitative estimate of drug-likeness (QED) is 0.458. The molecular weight excluding hydrogens is 365 g/mol. The number of alkyl halides is 1. The van der Waals surface area contributed by atoms with Crippen molar-refractivity contribution in [3.8, 4) is 6.07 Å². The molecule has 0 aromatic heterocycles. The Kier molecular flexibility index (Phi) is 6.33. The van der Waals surface area contributed by atoms with Crippen molar-refractivity contribution in [2.75, 3.05) is 6.54 Å². The van der Waals surface area contributed by atoms with E-state index < -0.39 is 24.5 Å². The average Bonchev–Trinajstić information content (AvgIpc) is 2.65. The van der Waals surface area contributed by atoms with Gasteiger partial charge >= 0.3 is 0 Å². The van der Waals surface area contributed by atoms with Gasteiger partial charge in [0.1, 0.15) is 12.4 Å². The van der Waals surface area contributed by atoms with Crippen LogP contribution in [0.5, 0.6) is 0 Å². The van der Waals surface area contributed by atoms with Crippen LogP contribution in [-0.4, -0.2) is 60.0 Å². The van der Waals surface area contributed by atoms with E-state index in [2.05, 4.69) is 27.3 Å². The maximum absolute atomic E-state index is 14.3. The summed E-state index contributed by atoms with van der Waals surface area (Å²) in [6.07, 6.45) is -0.564. The van der Waals surface area contributed by atoms with Gasteiger partial charge in [0, 0.05) is 27.1 Å². The lowest BCUT2D eigenvalue weighted by Gasteiger charge is -2.40. The molecule has 0 aliphatic carbocycles. The van der Waals surface area contributed by atoms with Crippen LogP contribution in [0.3, 0.4) is 0 Å². The molecule has 3 heterocycles. The van der Waals surface area contributed by atoms with E-state index in [0.717, 1.165) is 5.57 Å². The molecule has 0 aromatic rings. The Bertz CT molecular complexity index is 717. The molecule has 0 spiro atoms. The summed E-state index contributed by atoms with van der Waals surface area (Å²) < 4.78 is 14.3. The molecule has 2 amide bonds. The van der Waals surface area contributed by atoms with Crippen LogP contribution in [0.15, 0.2) is 11.1 Å². The van der Waals surface area contributed by atoms with Crippen molar-refractivity contribution in [1.29, 1.82) is 5.26 Å². The number of amides is 2. The minimum atomic E-state index is -1.22. The van der Waals surface area contributed by atoms with E-state index in [1.54, 1.807) is 13.8 Å². The van der Waals surface area contributed by atoms with E-state index >= 15 is 0 Å². The molecule has 3 rings (SSSR count). The fourth-order valence-corrected chi connectivity index (χ4v) is 4.39. The molecule has 0 bridgehead atoms. The lowest BCUT2D eigenvalue weighted by molar-refractivity contribution is -0.124. The molecule has 9 heteroatoms. The maximum Gasteiger partial charge on any atom is 0.248 e. The van der Waals surface area contributed by atoms with Gasteiger partial charge in [-0.2, -0.15) is 5.26 Å². The molecule has 2 saturated heterocycles. The Hall–Kier alpha value is -2.02. The van der Waals surface area contributed by atoms with Gasteiger partial charge in [-0.25, -0.2) is 4.39 Å². The van der Waals surface area contributed by atoms with Gasteiger partial charge in [0.25, 0.3) is 0 Å². The topological polar surface area (TPSA) is 126 Å². The highest BCUT2D eigenvalue weighted by molar-refractivity contribution is 6.00. The molecule has 6 unspecified atom stereocenters. The first-order valence-corrected chi connectivity index (χ1v) is 9.81. The Morgan fingerprint density at radius 2 is 2.25 bits per heavy atom. The highest BCUT2D eigenvalue weighted by Gasteiger charge is 2.38. The van der Waals surface area contributed by atoms with Crippen molar-refractivity contribution in [1.82, 2.24) is 21.3 Å². The first-order valence-electron chi connectivity index (χ1n) is 9.81. The highest BCUT2D eigenvalue weighted by Crippen LogP contribution is 2.26. The van der Waals surface area contributed by atoms with Crippen molar-refractivity contribution < 1.29 is 21.9 Å². The number of hydrogen-bond acceptors (Lipinski definition) is 6. The van der Waals surface area contributed by atoms with Crippen molar-refractivity contribution in [2.45, 2.75) is 76.1 Å². The number of aliphatic hydroxyl groups excluding tert-OH is 1. The van der Waals surface area contributed by atoms with Crippen LogP contribution in [0.1, 0.15) is 42.4 Å². The van der Waals surface area contributed by atoms with Gasteiger partial charge in [-0.05, 0) is 38.7 Å². The summed E-state index contributed by atoms with van der Waals surface area (Å²) in [6, 6.07) is 0.735. The van der Waals surface area contributed by atoms with Gasteiger partial charge in [-0.15, -0.1) is 0 Å². The van der Waals surface area contributed by atoms with Gasteiger partial charge in [-0.3, -0.25) is 14.9 Å². The maximum atomic E-state index is 14.3. The number of aliphatic hydroxyl groups is 1. The number of nitrogens with one attached hydrogen (secondary N) is 4. The van der Waals surface area contributed by atoms with Crippen LogP contribution in [0, 0.1) is 17.2 Å². The van der Waals surface area contributed by atoms with Crippen LogP contribution in [0.2, 0.25) is 0 Å². The zero-order chi connectivity index (χ0) is 20.4. The number of nitriles is 1. The third-order valence-electron chi connectivity index (χ3n) is 6.01. The van der Waals surface area contributed by atoms with Gasteiger partial charge in [0.05, 0.1) is 30.5 Å². The summed E-state index contributed by atoms with van der Waals surface area (Å²) in [7, 11) is 0. The normalized spacial score (nSPS) is 36.8. The van der Waals surface area contributed by atoms with E-state index in [9.17, 15) is 19.1 Å². The van der Waals surface area contributed by atoms with Gasteiger partial charge in [-0.1, -0.05) is 0 Å². The van der Waals surface area contributed by atoms with Crippen LogP contribution >= 0.6 is 0 Å². The standard InChI is InChI=1S/C19H28FN5O3.2H2/c1-9-12(19(28)24-14-3-4-15(26)25-17(9)14)6-16(27)23-10(2)18-13(20)5-11(7-21)8-22-18;;/h10-11,13-15,17-18,22,25-26H,3-6,8H2,1-2H3,(H,23,27)(H,24,28);2*1H/t10-,11?,13?,14?,15?,17?,18?;;/m0../s1. The average molecular weight is 397 g/mol. The zero-order valence-corrected chi connectivity index (χ0v) is 16.2. The second kappa shape index (κ2) is 8.55. The largest absolute Gasteiger partial charge is 0.379 e. The number of hydrogen-bond donors (Lipinski definition) is 5. The van der Waals surface area contributed by atoms with Gasteiger partial charge < -0.3 is 21.1 Å². The zero-order valence-electron chi connectivity index (χ0n) is 16.2. The summed E-state index contributed by atoms with van der Waals surface area (Å²) in [5.74, 6) is -0.988. The molecule has 158 valence electrons. The second-order valence-corrected chi connectivity index (χ2v) is 8.02. The molecular formula is C19H32FN5O3. The number of fused-ring (bicyclic) bond motifs is 1. The van der Waals surface area contributed by atoms with Gasteiger partial charge in [0.2, 0.25) is 11.8 Å². The molecule has 0 radical (unpaired) electrons. The van der Waals surface area contributed by atoms with Crippen LogP contribution < -0.4 is 21.3 Å². The smallest absolute Gasteiger partial charge is 0.248 e. The molecule has 7 atom stereocenters. The number of carbonyl (C=O) groups is 2. The third kappa shape index (κ3) is 4.35. The molecule has 3 aliphatic rings. The first-order chi connectivity index (χ1) is 13.3. The Labute approximate surface area is 166 Å². The monoisotopic (exact) mass is 397 g/mol. The molecule has 0 saturated carbocycles.